The number of furan rings is 1. The maximum atomic E-state index is 12.1. The Hall–Kier alpha value is -2.25. The molecule has 2 N–H and O–H groups in total. The number of carbonyl (C=O) groups excluding carboxylic acids is 2. The second-order valence-electron chi connectivity index (χ2n) is 6.79. The molecule has 1 fully saturated rings. The number of amides is 2. The van der Waals surface area contributed by atoms with E-state index in [1.165, 1.54) is 36.4 Å². The number of hydrogen-bond acceptors (Lipinski definition) is 5. The van der Waals surface area contributed by atoms with Crippen LogP contribution in [0.1, 0.15) is 29.0 Å². The number of hydrogen-bond donors (Lipinski definition) is 2. The highest BCUT2D eigenvalue weighted by atomic mass is 32.2. The monoisotopic (exact) mass is 401 g/mol. The van der Waals surface area contributed by atoms with Gasteiger partial charge in [-0.2, -0.15) is 11.8 Å². The van der Waals surface area contributed by atoms with E-state index in [2.05, 4.69) is 27.7 Å². The normalized spacial score (nSPS) is 14.6. The number of rotatable bonds is 9. The molecule has 1 saturated heterocycles. The standard InChI is InChI=1S/C21H27N3O3S/c25-20(4-1-10-22-21(26)19-3-2-14-27-19)23-18-7-5-17(6-8-18)9-11-24-12-15-28-16-13-24/h2-3,5-8,14H,1,4,9-13,15-16H2,(H,22,26)(H,23,25). The minimum Gasteiger partial charge on any atom is -0.459 e. The molecule has 2 amide bonds. The van der Waals surface area contributed by atoms with Gasteiger partial charge in [-0.1, -0.05) is 12.1 Å². The quantitative estimate of drug-likeness (QED) is 0.632. The second-order valence-corrected chi connectivity index (χ2v) is 8.01. The third-order valence-electron chi connectivity index (χ3n) is 4.67. The van der Waals surface area contributed by atoms with Crippen LogP contribution in [0.25, 0.3) is 0 Å². The molecule has 0 spiro atoms. The van der Waals surface area contributed by atoms with E-state index in [0.29, 0.717) is 19.4 Å². The van der Waals surface area contributed by atoms with Gasteiger partial charge in [-0.15, -0.1) is 0 Å². The first-order valence-corrected chi connectivity index (χ1v) is 10.9. The summed E-state index contributed by atoms with van der Waals surface area (Å²) in [5.74, 6) is 2.44. The van der Waals surface area contributed by atoms with Crippen molar-refractivity contribution in [1.82, 2.24) is 10.2 Å². The summed E-state index contributed by atoms with van der Waals surface area (Å²) in [7, 11) is 0. The molecule has 0 unspecified atom stereocenters. The summed E-state index contributed by atoms with van der Waals surface area (Å²) < 4.78 is 5.02. The Kier molecular flexibility index (Phi) is 7.99. The van der Waals surface area contributed by atoms with Crippen molar-refractivity contribution in [2.45, 2.75) is 19.3 Å². The summed E-state index contributed by atoms with van der Waals surface area (Å²) >= 11 is 2.03. The summed E-state index contributed by atoms with van der Waals surface area (Å²) in [5.41, 5.74) is 2.10. The topological polar surface area (TPSA) is 74.6 Å². The van der Waals surface area contributed by atoms with Crippen molar-refractivity contribution in [3.8, 4) is 0 Å². The first-order valence-electron chi connectivity index (χ1n) is 9.71. The molecule has 150 valence electrons. The highest BCUT2D eigenvalue weighted by molar-refractivity contribution is 7.99. The molecule has 1 aliphatic rings. The molecule has 1 aromatic carbocycles. The van der Waals surface area contributed by atoms with E-state index < -0.39 is 0 Å². The van der Waals surface area contributed by atoms with E-state index in [-0.39, 0.29) is 17.6 Å². The van der Waals surface area contributed by atoms with Gasteiger partial charge in [0.1, 0.15) is 0 Å². The fraction of sp³-hybridized carbons (Fsp3) is 0.429. The van der Waals surface area contributed by atoms with Crippen LogP contribution < -0.4 is 10.6 Å². The molecule has 2 aromatic rings. The van der Waals surface area contributed by atoms with Crippen molar-refractivity contribution in [2.24, 2.45) is 0 Å². The van der Waals surface area contributed by atoms with Crippen LogP contribution in [0.2, 0.25) is 0 Å². The van der Waals surface area contributed by atoms with Crippen LogP contribution in [0.4, 0.5) is 5.69 Å². The van der Waals surface area contributed by atoms with Crippen molar-refractivity contribution in [3.63, 3.8) is 0 Å². The van der Waals surface area contributed by atoms with Crippen LogP contribution in [0.3, 0.4) is 0 Å². The van der Waals surface area contributed by atoms with Crippen molar-refractivity contribution in [1.29, 1.82) is 0 Å². The Bertz CT molecular complexity index is 741. The van der Waals surface area contributed by atoms with E-state index in [9.17, 15) is 9.59 Å². The summed E-state index contributed by atoms with van der Waals surface area (Å²) in [5, 5.41) is 5.64. The minimum atomic E-state index is -0.260. The maximum Gasteiger partial charge on any atom is 0.286 e. The molecule has 7 heteroatoms. The Balaban J connectivity index is 1.32. The van der Waals surface area contributed by atoms with Crippen molar-refractivity contribution < 1.29 is 14.0 Å². The Labute approximate surface area is 170 Å². The van der Waals surface area contributed by atoms with E-state index >= 15 is 0 Å². The van der Waals surface area contributed by atoms with Crippen molar-refractivity contribution in [3.05, 3.63) is 54.0 Å². The molecule has 6 nitrogen and oxygen atoms in total. The van der Waals surface area contributed by atoms with Gasteiger partial charge in [-0.25, -0.2) is 0 Å². The lowest BCUT2D eigenvalue weighted by atomic mass is 10.1. The maximum absolute atomic E-state index is 12.1. The highest BCUT2D eigenvalue weighted by Gasteiger charge is 2.10. The molecule has 0 aliphatic carbocycles. The zero-order valence-electron chi connectivity index (χ0n) is 16.0. The van der Waals surface area contributed by atoms with Gasteiger partial charge in [-0.3, -0.25) is 9.59 Å². The largest absolute Gasteiger partial charge is 0.459 e. The molecule has 0 saturated carbocycles. The number of anilines is 1. The van der Waals surface area contributed by atoms with Crippen molar-refractivity contribution >= 4 is 29.3 Å². The predicted molar refractivity (Wildman–Crippen MR) is 113 cm³/mol. The van der Waals surface area contributed by atoms with E-state index in [4.69, 9.17) is 4.42 Å². The lowest BCUT2D eigenvalue weighted by Crippen LogP contribution is -2.34. The van der Waals surface area contributed by atoms with Crippen LogP contribution in [0.5, 0.6) is 0 Å². The molecule has 2 heterocycles. The van der Waals surface area contributed by atoms with Gasteiger partial charge in [0.2, 0.25) is 5.91 Å². The third kappa shape index (κ3) is 6.73. The van der Waals surface area contributed by atoms with Crippen LogP contribution in [-0.2, 0) is 11.2 Å². The molecule has 0 radical (unpaired) electrons. The summed E-state index contributed by atoms with van der Waals surface area (Å²) in [6.45, 7) is 3.89. The lowest BCUT2D eigenvalue weighted by molar-refractivity contribution is -0.116. The Morgan fingerprint density at radius 1 is 1.11 bits per heavy atom. The zero-order valence-corrected chi connectivity index (χ0v) is 16.8. The fourth-order valence-corrected chi connectivity index (χ4v) is 4.01. The number of nitrogens with zero attached hydrogens (tertiary/aromatic N) is 1. The Morgan fingerprint density at radius 2 is 1.89 bits per heavy atom. The molecule has 28 heavy (non-hydrogen) atoms. The molecular formula is C21H27N3O3S. The molecule has 0 atom stereocenters. The van der Waals surface area contributed by atoms with Crippen LogP contribution in [0.15, 0.2) is 47.1 Å². The van der Waals surface area contributed by atoms with E-state index in [0.717, 1.165) is 18.7 Å². The number of nitrogens with one attached hydrogen (secondary N) is 2. The Morgan fingerprint density at radius 3 is 2.61 bits per heavy atom. The van der Waals surface area contributed by atoms with Gasteiger partial charge < -0.3 is 20.0 Å². The first kappa shape index (κ1) is 20.5. The summed E-state index contributed by atoms with van der Waals surface area (Å²) in [6, 6.07) is 11.4. The number of thioether (sulfide) groups is 1. The SMILES string of the molecule is O=C(CCCNC(=O)c1ccco1)Nc1ccc(CCN2CCSCC2)cc1. The summed E-state index contributed by atoms with van der Waals surface area (Å²) in [6.07, 6.45) is 3.42. The summed E-state index contributed by atoms with van der Waals surface area (Å²) in [4.78, 5) is 26.3. The van der Waals surface area contributed by atoms with Gasteiger partial charge in [0, 0.05) is 49.8 Å². The second kappa shape index (κ2) is 10.9. The van der Waals surface area contributed by atoms with Gasteiger partial charge in [0.05, 0.1) is 6.26 Å². The van der Waals surface area contributed by atoms with Gasteiger partial charge >= 0.3 is 0 Å². The highest BCUT2D eigenvalue weighted by Crippen LogP contribution is 2.13. The molecular weight excluding hydrogens is 374 g/mol. The molecule has 1 aliphatic heterocycles. The molecule has 0 bridgehead atoms. The molecule has 1 aromatic heterocycles. The number of benzene rings is 1. The average Bonchev–Trinajstić information content (AvgIpc) is 3.26. The van der Waals surface area contributed by atoms with Crippen LogP contribution in [0, 0.1) is 0 Å². The van der Waals surface area contributed by atoms with E-state index in [1.807, 2.05) is 23.9 Å². The van der Waals surface area contributed by atoms with Crippen LogP contribution in [-0.4, -0.2) is 54.4 Å². The first-order chi connectivity index (χ1) is 13.7. The third-order valence-corrected chi connectivity index (χ3v) is 5.61. The smallest absolute Gasteiger partial charge is 0.286 e. The zero-order chi connectivity index (χ0) is 19.6. The molecule has 3 rings (SSSR count). The van der Waals surface area contributed by atoms with Crippen LogP contribution >= 0.6 is 11.8 Å². The van der Waals surface area contributed by atoms with Gasteiger partial charge in [0.15, 0.2) is 5.76 Å². The average molecular weight is 402 g/mol. The van der Waals surface area contributed by atoms with Gasteiger partial charge in [0.25, 0.3) is 5.91 Å². The predicted octanol–water partition coefficient (Wildman–Crippen LogP) is 3.02. The van der Waals surface area contributed by atoms with Crippen molar-refractivity contribution in [2.75, 3.05) is 43.0 Å². The van der Waals surface area contributed by atoms with E-state index in [1.54, 1.807) is 12.1 Å². The minimum absolute atomic E-state index is 0.0502. The number of carbonyl (C=O) groups is 2. The lowest BCUT2D eigenvalue weighted by Gasteiger charge is -2.26. The van der Waals surface area contributed by atoms with Gasteiger partial charge in [-0.05, 0) is 42.7 Å². The fourth-order valence-electron chi connectivity index (χ4n) is 3.04.